The first kappa shape index (κ1) is 16.8. The van der Waals surface area contributed by atoms with E-state index in [2.05, 4.69) is 0 Å². The molecule has 1 N–H and O–H groups in total. The number of carbonyl (C=O) groups is 3. The molecule has 2 fully saturated rings. The molecule has 6 nitrogen and oxygen atoms in total. The standard InChI is InChI=1S/C17H20N2O4S/c20-14-3-1-12(2-4-14)16(22)13-5-7-18(8-6-13)15(21)11-19-9-10-24-17(19)23/h1-4,13,20H,5-11H2. The number of amides is 2. The molecule has 2 aliphatic heterocycles. The second-order valence-corrected chi connectivity index (χ2v) is 7.15. The van der Waals surface area contributed by atoms with Crippen LogP contribution in [-0.4, -0.2) is 63.8 Å². The number of ketones is 1. The van der Waals surface area contributed by atoms with Gasteiger partial charge in [-0.2, -0.15) is 0 Å². The third-order valence-electron chi connectivity index (χ3n) is 4.54. The van der Waals surface area contributed by atoms with E-state index in [9.17, 15) is 19.5 Å². The van der Waals surface area contributed by atoms with Crippen molar-refractivity contribution in [1.29, 1.82) is 0 Å². The van der Waals surface area contributed by atoms with E-state index < -0.39 is 0 Å². The normalized spacial score (nSPS) is 18.9. The average Bonchev–Trinajstić information content (AvgIpc) is 3.00. The lowest BCUT2D eigenvalue weighted by molar-refractivity contribution is -0.132. The molecular formula is C17H20N2O4S. The molecule has 0 saturated carbocycles. The van der Waals surface area contributed by atoms with Gasteiger partial charge >= 0.3 is 0 Å². The lowest BCUT2D eigenvalue weighted by Crippen LogP contribution is -2.45. The third kappa shape index (κ3) is 3.72. The maximum Gasteiger partial charge on any atom is 0.282 e. The molecule has 1 aromatic rings. The van der Waals surface area contributed by atoms with E-state index in [4.69, 9.17) is 0 Å². The summed E-state index contributed by atoms with van der Waals surface area (Å²) in [5, 5.41) is 9.27. The highest BCUT2D eigenvalue weighted by molar-refractivity contribution is 8.13. The minimum absolute atomic E-state index is 0.0271. The molecule has 0 radical (unpaired) electrons. The van der Waals surface area contributed by atoms with Crippen LogP contribution in [0.5, 0.6) is 5.75 Å². The largest absolute Gasteiger partial charge is 0.508 e. The number of piperidine rings is 1. The van der Waals surface area contributed by atoms with Gasteiger partial charge in [0.15, 0.2) is 5.78 Å². The molecule has 2 aliphatic rings. The maximum absolute atomic E-state index is 12.5. The van der Waals surface area contributed by atoms with Crippen molar-refractivity contribution in [3.63, 3.8) is 0 Å². The molecule has 0 bridgehead atoms. The van der Waals surface area contributed by atoms with E-state index in [-0.39, 0.29) is 35.1 Å². The summed E-state index contributed by atoms with van der Waals surface area (Å²) in [5.74, 6) is 0.814. The Morgan fingerprint density at radius 3 is 2.38 bits per heavy atom. The monoisotopic (exact) mass is 348 g/mol. The highest BCUT2D eigenvalue weighted by Crippen LogP contribution is 2.24. The van der Waals surface area contributed by atoms with Gasteiger partial charge in [0.25, 0.3) is 5.24 Å². The zero-order chi connectivity index (χ0) is 17.1. The number of likely N-dealkylation sites (tertiary alicyclic amines) is 1. The Hall–Kier alpha value is -2.02. The van der Waals surface area contributed by atoms with Gasteiger partial charge in [-0.25, -0.2) is 0 Å². The highest BCUT2D eigenvalue weighted by Gasteiger charge is 2.30. The molecule has 1 aromatic carbocycles. The van der Waals surface area contributed by atoms with Crippen molar-refractivity contribution in [1.82, 2.24) is 9.80 Å². The van der Waals surface area contributed by atoms with Crippen LogP contribution in [0.1, 0.15) is 23.2 Å². The van der Waals surface area contributed by atoms with Crippen LogP contribution in [0.4, 0.5) is 4.79 Å². The van der Waals surface area contributed by atoms with E-state index in [1.54, 1.807) is 21.9 Å². The summed E-state index contributed by atoms with van der Waals surface area (Å²) in [6.07, 6.45) is 1.27. The molecule has 0 spiro atoms. The third-order valence-corrected chi connectivity index (χ3v) is 5.43. The molecule has 24 heavy (non-hydrogen) atoms. The van der Waals surface area contributed by atoms with Crippen LogP contribution in [0.3, 0.4) is 0 Å². The molecule has 3 rings (SSSR count). The van der Waals surface area contributed by atoms with E-state index in [1.807, 2.05) is 0 Å². The van der Waals surface area contributed by atoms with Gasteiger partial charge in [-0.15, -0.1) is 0 Å². The number of nitrogens with zero attached hydrogens (tertiary/aromatic N) is 2. The van der Waals surface area contributed by atoms with Crippen molar-refractivity contribution in [3.8, 4) is 5.75 Å². The number of hydrogen-bond acceptors (Lipinski definition) is 5. The molecular weight excluding hydrogens is 328 g/mol. The summed E-state index contributed by atoms with van der Waals surface area (Å²) in [7, 11) is 0. The van der Waals surface area contributed by atoms with E-state index in [0.717, 1.165) is 5.75 Å². The number of phenolic OH excluding ortho intramolecular Hbond substituents is 1. The van der Waals surface area contributed by atoms with Crippen LogP contribution >= 0.6 is 11.8 Å². The first-order valence-corrected chi connectivity index (χ1v) is 9.06. The predicted octanol–water partition coefficient (Wildman–Crippen LogP) is 1.98. The van der Waals surface area contributed by atoms with Crippen LogP contribution in [0.2, 0.25) is 0 Å². The zero-order valence-corrected chi connectivity index (χ0v) is 14.1. The van der Waals surface area contributed by atoms with E-state index in [0.29, 0.717) is 38.0 Å². The number of rotatable bonds is 4. The van der Waals surface area contributed by atoms with Crippen molar-refractivity contribution < 1.29 is 19.5 Å². The first-order valence-electron chi connectivity index (χ1n) is 8.07. The Balaban J connectivity index is 1.51. The average molecular weight is 348 g/mol. The Labute approximate surface area is 144 Å². The predicted molar refractivity (Wildman–Crippen MR) is 91.2 cm³/mol. The summed E-state index contributed by atoms with van der Waals surface area (Å²) in [5.41, 5.74) is 0.595. The molecule has 7 heteroatoms. The zero-order valence-electron chi connectivity index (χ0n) is 13.3. The van der Waals surface area contributed by atoms with Crippen LogP contribution in [0.25, 0.3) is 0 Å². The summed E-state index contributed by atoms with van der Waals surface area (Å²) in [4.78, 5) is 39.7. The lowest BCUT2D eigenvalue weighted by atomic mass is 9.89. The number of aromatic hydroxyl groups is 1. The number of phenols is 1. The number of Topliss-reactive ketones (excluding diaryl/α,β-unsaturated/α-hetero) is 1. The molecule has 0 aromatic heterocycles. The molecule has 0 atom stereocenters. The van der Waals surface area contributed by atoms with Crippen molar-refractivity contribution in [2.24, 2.45) is 5.92 Å². The number of hydrogen-bond donors (Lipinski definition) is 1. The van der Waals surface area contributed by atoms with Gasteiger partial charge in [0.05, 0.1) is 0 Å². The van der Waals surface area contributed by atoms with Crippen LogP contribution in [0, 0.1) is 5.92 Å². The Morgan fingerprint density at radius 1 is 1.12 bits per heavy atom. The Morgan fingerprint density at radius 2 is 1.79 bits per heavy atom. The molecule has 2 amide bonds. The van der Waals surface area contributed by atoms with Crippen LogP contribution in [-0.2, 0) is 4.79 Å². The molecule has 128 valence electrons. The Bertz CT molecular complexity index is 638. The van der Waals surface area contributed by atoms with Crippen LogP contribution in [0.15, 0.2) is 24.3 Å². The van der Waals surface area contributed by atoms with Crippen LogP contribution < -0.4 is 0 Å². The van der Waals surface area contributed by atoms with Crippen molar-refractivity contribution in [3.05, 3.63) is 29.8 Å². The van der Waals surface area contributed by atoms with Crippen molar-refractivity contribution in [2.75, 3.05) is 31.9 Å². The minimum Gasteiger partial charge on any atom is -0.508 e. The fraction of sp³-hybridized carbons (Fsp3) is 0.471. The Kier molecular flexibility index (Phi) is 5.08. The maximum atomic E-state index is 12.5. The van der Waals surface area contributed by atoms with Crippen molar-refractivity contribution >= 4 is 28.7 Å². The van der Waals surface area contributed by atoms with Gasteiger partial charge in [0.2, 0.25) is 5.91 Å². The smallest absolute Gasteiger partial charge is 0.282 e. The quantitative estimate of drug-likeness (QED) is 0.842. The fourth-order valence-corrected chi connectivity index (χ4v) is 3.91. The molecule has 0 aliphatic carbocycles. The van der Waals surface area contributed by atoms with Gasteiger partial charge in [-0.05, 0) is 37.1 Å². The summed E-state index contributed by atoms with van der Waals surface area (Å²) >= 11 is 1.25. The molecule has 2 saturated heterocycles. The lowest BCUT2D eigenvalue weighted by Gasteiger charge is -2.32. The molecule has 2 heterocycles. The molecule has 0 unspecified atom stereocenters. The summed E-state index contributed by atoms with van der Waals surface area (Å²) < 4.78 is 0. The first-order chi connectivity index (χ1) is 11.5. The van der Waals surface area contributed by atoms with Gasteiger partial charge in [0.1, 0.15) is 12.3 Å². The second-order valence-electron chi connectivity index (χ2n) is 6.10. The van der Waals surface area contributed by atoms with Gasteiger partial charge < -0.3 is 14.9 Å². The van der Waals surface area contributed by atoms with E-state index in [1.165, 1.54) is 23.9 Å². The second kappa shape index (κ2) is 7.25. The topological polar surface area (TPSA) is 77.9 Å². The SMILES string of the molecule is O=C(c1ccc(O)cc1)C1CCN(C(=O)CN2CCSC2=O)CC1. The summed E-state index contributed by atoms with van der Waals surface area (Å²) in [6, 6.07) is 6.28. The summed E-state index contributed by atoms with van der Waals surface area (Å²) in [6.45, 7) is 1.86. The fourth-order valence-electron chi connectivity index (χ4n) is 3.09. The van der Waals surface area contributed by atoms with Gasteiger partial charge in [0, 0.05) is 36.9 Å². The van der Waals surface area contributed by atoms with Gasteiger partial charge in [-0.1, -0.05) is 11.8 Å². The minimum atomic E-state index is -0.0948. The van der Waals surface area contributed by atoms with Gasteiger partial charge in [-0.3, -0.25) is 14.4 Å². The highest BCUT2D eigenvalue weighted by atomic mass is 32.2. The number of carbonyl (C=O) groups excluding carboxylic acids is 3. The van der Waals surface area contributed by atoms with E-state index >= 15 is 0 Å². The van der Waals surface area contributed by atoms with Crippen molar-refractivity contribution in [2.45, 2.75) is 12.8 Å². The number of benzene rings is 1. The number of thioether (sulfide) groups is 1.